The number of anilines is 1. The lowest BCUT2D eigenvalue weighted by molar-refractivity contribution is -0.676. The summed E-state index contributed by atoms with van der Waals surface area (Å²) in [4.78, 5) is 36.5. The molecule has 0 bridgehead atoms. The lowest BCUT2D eigenvalue weighted by atomic mass is 10.1. The number of nitrogens with two attached hydrogens (primary N) is 2. The number of carbonyl (C=O) groups excluding carboxylic acids is 2. The molecule has 0 radical (unpaired) electrons. The fourth-order valence-corrected chi connectivity index (χ4v) is 4.75. The average molecular weight is 608 g/mol. The number of benzene rings is 1. The highest BCUT2D eigenvalue weighted by molar-refractivity contribution is 14.1. The largest absolute Gasteiger partial charge is 0.382 e. The van der Waals surface area contributed by atoms with Crippen molar-refractivity contribution >= 4 is 51.3 Å². The van der Waals surface area contributed by atoms with E-state index in [0.29, 0.717) is 54.3 Å². The number of nitrogens with zero attached hydrogens (tertiary/aromatic N) is 5. The Morgan fingerprint density at radius 1 is 1.28 bits per heavy atom. The predicted molar refractivity (Wildman–Crippen MR) is 149 cm³/mol. The summed E-state index contributed by atoms with van der Waals surface area (Å²) in [6.45, 7) is 11.5. The number of fused-ring (bicyclic) bond motifs is 1. The highest BCUT2D eigenvalue weighted by Gasteiger charge is 2.26. The van der Waals surface area contributed by atoms with E-state index in [1.165, 1.54) is 0 Å². The zero-order chi connectivity index (χ0) is 26.4. The molecule has 0 saturated carbocycles. The monoisotopic (exact) mass is 607 g/mol. The number of nitrogen functional groups attached to an aromatic ring is 1. The average Bonchev–Trinajstić information content (AvgIpc) is 3.18. The first-order chi connectivity index (χ1) is 17.2. The molecule has 2 amide bonds. The quantitative estimate of drug-likeness (QED) is 0.174. The minimum absolute atomic E-state index is 0.0259. The first-order valence-electron chi connectivity index (χ1n) is 12.2. The van der Waals surface area contributed by atoms with E-state index in [9.17, 15) is 9.59 Å². The molecule has 0 spiro atoms. The Morgan fingerprint density at radius 3 is 2.64 bits per heavy atom. The lowest BCUT2D eigenvalue weighted by Gasteiger charge is -2.24. The number of amides is 2. The Kier molecular flexibility index (Phi) is 9.60. The van der Waals surface area contributed by atoms with E-state index in [1.54, 1.807) is 6.20 Å². The summed E-state index contributed by atoms with van der Waals surface area (Å²) in [6, 6.07) is 5.79. The second-order valence-electron chi connectivity index (χ2n) is 8.95. The zero-order valence-corrected chi connectivity index (χ0v) is 23.6. The molecular weight excluding hydrogens is 571 g/mol. The number of carbonyl (C=O) groups is 2. The molecule has 2 aromatic heterocycles. The van der Waals surface area contributed by atoms with Gasteiger partial charge in [-0.15, -0.1) is 0 Å². The van der Waals surface area contributed by atoms with Crippen molar-refractivity contribution in [1.29, 1.82) is 0 Å². The molecule has 10 nitrogen and oxygen atoms in total. The minimum atomic E-state index is -0.371. The van der Waals surface area contributed by atoms with Gasteiger partial charge in [0.15, 0.2) is 22.5 Å². The number of imidazole rings is 1. The van der Waals surface area contributed by atoms with E-state index >= 15 is 0 Å². The molecule has 0 aliphatic rings. The Labute approximate surface area is 225 Å². The van der Waals surface area contributed by atoms with Crippen LogP contribution in [-0.4, -0.2) is 50.9 Å². The molecule has 3 aromatic rings. The molecule has 0 atom stereocenters. The second kappa shape index (κ2) is 12.4. The van der Waals surface area contributed by atoms with Crippen LogP contribution in [0, 0.1) is 5.92 Å². The van der Waals surface area contributed by atoms with Crippen LogP contribution in [-0.2, 0) is 24.1 Å². The topological polar surface area (TPSA) is 136 Å². The third-order valence-corrected chi connectivity index (χ3v) is 6.72. The number of rotatable bonds is 11. The van der Waals surface area contributed by atoms with Crippen molar-refractivity contribution in [2.45, 2.75) is 51.8 Å². The van der Waals surface area contributed by atoms with Gasteiger partial charge >= 0.3 is 0 Å². The number of halogens is 1. The van der Waals surface area contributed by atoms with Crippen LogP contribution in [0.2, 0.25) is 0 Å². The third kappa shape index (κ3) is 5.94. The number of aryl methyl sites for hydroxylation is 2. The number of nitrogens with one attached hydrogen (secondary N) is 1. The molecule has 0 fully saturated rings. The van der Waals surface area contributed by atoms with Crippen molar-refractivity contribution in [2.75, 3.05) is 25.4 Å². The Balaban J connectivity index is 1.95. The van der Waals surface area contributed by atoms with Crippen LogP contribution in [0.15, 0.2) is 24.4 Å². The Morgan fingerprint density at radius 2 is 2.03 bits per heavy atom. The van der Waals surface area contributed by atoms with Crippen molar-refractivity contribution < 1.29 is 14.2 Å². The van der Waals surface area contributed by atoms with Crippen molar-refractivity contribution in [1.82, 2.24) is 24.8 Å². The Hall–Kier alpha value is -2.80. The minimum Gasteiger partial charge on any atom is -0.382 e. The highest BCUT2D eigenvalue weighted by atomic mass is 127. The van der Waals surface area contributed by atoms with Gasteiger partial charge in [-0.3, -0.25) is 9.59 Å². The summed E-state index contributed by atoms with van der Waals surface area (Å²) in [5.41, 5.74) is 15.1. The molecule has 5 N–H and O–H groups in total. The molecule has 0 aliphatic heterocycles. The van der Waals surface area contributed by atoms with Crippen molar-refractivity contribution in [2.24, 2.45) is 11.7 Å². The van der Waals surface area contributed by atoms with Crippen molar-refractivity contribution in [3.8, 4) is 0 Å². The van der Waals surface area contributed by atoms with E-state index < -0.39 is 0 Å². The van der Waals surface area contributed by atoms with Crippen LogP contribution >= 0.6 is 22.6 Å². The normalized spacial score (nSPS) is 11.3. The summed E-state index contributed by atoms with van der Waals surface area (Å²) in [5, 5.41) is 2.96. The number of hydrogen-bond acceptors (Lipinski definition) is 6. The highest BCUT2D eigenvalue weighted by Crippen LogP contribution is 2.19. The maximum Gasteiger partial charge on any atom is 0.277 e. The summed E-state index contributed by atoms with van der Waals surface area (Å²) in [5.74, 6) is 0.973. The van der Waals surface area contributed by atoms with Gasteiger partial charge in [0.1, 0.15) is 6.54 Å². The van der Waals surface area contributed by atoms with Gasteiger partial charge < -0.3 is 21.7 Å². The van der Waals surface area contributed by atoms with E-state index in [4.69, 9.17) is 11.5 Å². The predicted octanol–water partition coefficient (Wildman–Crippen LogP) is 2.26. The number of hydrogen-bond donors (Lipinski definition) is 3. The molecule has 1 aromatic carbocycles. The van der Waals surface area contributed by atoms with Crippen LogP contribution in [0.1, 0.15) is 60.1 Å². The lowest BCUT2D eigenvalue weighted by Crippen LogP contribution is -2.40. The third-order valence-electron chi connectivity index (χ3n) is 5.94. The van der Waals surface area contributed by atoms with E-state index in [1.807, 2.05) is 30.0 Å². The smallest absolute Gasteiger partial charge is 0.277 e. The maximum atomic E-state index is 13.3. The van der Waals surface area contributed by atoms with Crippen LogP contribution in [0.4, 0.5) is 5.82 Å². The summed E-state index contributed by atoms with van der Waals surface area (Å²) in [6.07, 6.45) is 1.58. The van der Waals surface area contributed by atoms with E-state index in [2.05, 4.69) is 67.8 Å². The summed E-state index contributed by atoms with van der Waals surface area (Å²) < 4.78 is 4.91. The number of alkyl halides is 1. The van der Waals surface area contributed by atoms with E-state index in [-0.39, 0.29) is 29.9 Å². The fourth-order valence-electron chi connectivity index (χ4n) is 4.39. The van der Waals surface area contributed by atoms with Crippen LogP contribution in [0.25, 0.3) is 11.0 Å². The fraction of sp³-hybridized carbons (Fsp3) is 0.480. The molecule has 0 aliphatic carbocycles. The summed E-state index contributed by atoms with van der Waals surface area (Å²) >= 11 is 2.17. The van der Waals surface area contributed by atoms with Gasteiger partial charge in [0.2, 0.25) is 0 Å². The first-order valence-corrected chi connectivity index (χ1v) is 13.8. The standard InChI is InChI=1S/C25H35IN8O2/c1-5-33-19-8-7-17(25(36)32(10-9-27)15-16(3)4)11-20(19)34(6-2)21(33)14-30-24(35)22-23(28)29-13-18(12-26)31-22/h7-8,11,13,16H,5-6,9-10,12,14-15,27H2,1-4H3,(H2-,28,29,30,35)/p+1. The molecule has 0 unspecified atom stereocenters. The van der Waals surface area contributed by atoms with Crippen LogP contribution in [0.3, 0.4) is 0 Å². The van der Waals surface area contributed by atoms with Gasteiger partial charge in [0.05, 0.1) is 25.0 Å². The molecule has 11 heteroatoms. The van der Waals surface area contributed by atoms with Crippen LogP contribution in [0.5, 0.6) is 0 Å². The molecule has 194 valence electrons. The van der Waals surface area contributed by atoms with Gasteiger partial charge in [-0.25, -0.2) is 19.1 Å². The second-order valence-corrected chi connectivity index (χ2v) is 9.72. The van der Waals surface area contributed by atoms with Gasteiger partial charge in [-0.05, 0) is 31.9 Å². The van der Waals surface area contributed by atoms with Crippen molar-refractivity contribution in [3.63, 3.8) is 0 Å². The van der Waals surface area contributed by atoms with Gasteiger partial charge in [-0.1, -0.05) is 36.4 Å². The van der Waals surface area contributed by atoms with Crippen molar-refractivity contribution in [3.05, 3.63) is 47.2 Å². The first kappa shape index (κ1) is 27.8. The molecule has 3 rings (SSSR count). The zero-order valence-electron chi connectivity index (χ0n) is 21.4. The summed E-state index contributed by atoms with van der Waals surface area (Å²) in [7, 11) is 0. The van der Waals surface area contributed by atoms with Gasteiger partial charge in [-0.2, -0.15) is 0 Å². The molecule has 36 heavy (non-hydrogen) atoms. The van der Waals surface area contributed by atoms with Crippen LogP contribution < -0.4 is 21.4 Å². The Bertz CT molecular complexity index is 1240. The maximum absolute atomic E-state index is 13.3. The van der Waals surface area contributed by atoms with E-state index in [0.717, 1.165) is 16.9 Å². The number of aromatic nitrogens is 4. The SMILES string of the molecule is CCn1c(CNC(=O)c2nc(CI)cnc2N)[n+](CC)c2ccc(C(=O)N(CCN)CC(C)C)cc21. The molecule has 0 saturated heterocycles. The van der Waals surface area contributed by atoms with Gasteiger partial charge in [0, 0.05) is 35.7 Å². The van der Waals surface area contributed by atoms with Gasteiger partial charge in [0.25, 0.3) is 17.6 Å². The molecular formula is C25H36IN8O2+. The molecule has 2 heterocycles.